The SMILES string of the molecule is COc1cccc(CCN(CC(=O)N2CCc3ccccc3C2)C(C)=O)c1. The fraction of sp³-hybridized carbons (Fsp3) is 0.364. The normalized spacial score (nSPS) is 13.0. The predicted molar refractivity (Wildman–Crippen MR) is 105 cm³/mol. The van der Waals surface area contributed by atoms with Crippen molar-refractivity contribution in [1.82, 2.24) is 9.80 Å². The molecular weight excluding hydrogens is 340 g/mol. The molecular formula is C22H26N2O3. The lowest BCUT2D eigenvalue weighted by Crippen LogP contribution is -2.44. The van der Waals surface area contributed by atoms with Crippen molar-refractivity contribution < 1.29 is 14.3 Å². The minimum absolute atomic E-state index is 0.00495. The molecule has 3 rings (SSSR count). The molecule has 0 saturated heterocycles. The Morgan fingerprint density at radius 3 is 2.63 bits per heavy atom. The second-order valence-electron chi connectivity index (χ2n) is 6.88. The Hall–Kier alpha value is -2.82. The van der Waals surface area contributed by atoms with Crippen molar-refractivity contribution in [2.75, 3.05) is 26.7 Å². The minimum Gasteiger partial charge on any atom is -0.497 e. The van der Waals surface area contributed by atoms with Crippen molar-refractivity contribution in [2.24, 2.45) is 0 Å². The molecule has 0 aromatic heterocycles. The van der Waals surface area contributed by atoms with Gasteiger partial charge in [0.25, 0.3) is 0 Å². The summed E-state index contributed by atoms with van der Waals surface area (Å²) < 4.78 is 5.24. The second kappa shape index (κ2) is 8.71. The van der Waals surface area contributed by atoms with Crippen LogP contribution < -0.4 is 4.74 Å². The van der Waals surface area contributed by atoms with Gasteiger partial charge in [-0.1, -0.05) is 36.4 Å². The molecule has 0 aliphatic carbocycles. The number of hydrogen-bond acceptors (Lipinski definition) is 3. The predicted octanol–water partition coefficient (Wildman–Crippen LogP) is 2.67. The molecule has 142 valence electrons. The number of benzene rings is 2. The summed E-state index contributed by atoms with van der Waals surface area (Å²) in [6.07, 6.45) is 1.55. The fourth-order valence-electron chi connectivity index (χ4n) is 3.41. The highest BCUT2D eigenvalue weighted by Gasteiger charge is 2.23. The first kappa shape index (κ1) is 19.0. The Kier molecular flexibility index (Phi) is 6.12. The van der Waals surface area contributed by atoms with E-state index in [9.17, 15) is 9.59 Å². The number of ether oxygens (including phenoxy) is 1. The molecule has 5 heteroatoms. The highest BCUT2D eigenvalue weighted by Crippen LogP contribution is 2.19. The van der Waals surface area contributed by atoms with Crippen LogP contribution in [0.1, 0.15) is 23.6 Å². The van der Waals surface area contributed by atoms with Crippen LogP contribution >= 0.6 is 0 Å². The summed E-state index contributed by atoms with van der Waals surface area (Å²) in [4.78, 5) is 28.3. The van der Waals surface area contributed by atoms with E-state index < -0.39 is 0 Å². The molecule has 0 N–H and O–H groups in total. The lowest BCUT2D eigenvalue weighted by Gasteiger charge is -2.31. The maximum Gasteiger partial charge on any atom is 0.242 e. The van der Waals surface area contributed by atoms with Crippen LogP contribution in [0.3, 0.4) is 0 Å². The molecule has 2 aromatic rings. The Labute approximate surface area is 160 Å². The van der Waals surface area contributed by atoms with Gasteiger partial charge in [-0.3, -0.25) is 9.59 Å². The summed E-state index contributed by atoms with van der Waals surface area (Å²) in [6, 6.07) is 16.0. The van der Waals surface area contributed by atoms with Gasteiger partial charge < -0.3 is 14.5 Å². The Bertz CT molecular complexity index is 819. The first-order valence-electron chi connectivity index (χ1n) is 9.30. The van der Waals surface area contributed by atoms with Gasteiger partial charge in [0, 0.05) is 26.6 Å². The lowest BCUT2D eigenvalue weighted by atomic mass is 10.00. The summed E-state index contributed by atoms with van der Waals surface area (Å²) in [7, 11) is 1.64. The van der Waals surface area contributed by atoms with Gasteiger partial charge in [0.15, 0.2) is 0 Å². The average molecular weight is 366 g/mol. The highest BCUT2D eigenvalue weighted by molar-refractivity contribution is 5.84. The number of carbonyl (C=O) groups is 2. The van der Waals surface area contributed by atoms with E-state index in [4.69, 9.17) is 4.74 Å². The molecule has 2 aromatic carbocycles. The van der Waals surface area contributed by atoms with Crippen LogP contribution in [0.5, 0.6) is 5.75 Å². The summed E-state index contributed by atoms with van der Waals surface area (Å²) in [5.41, 5.74) is 3.59. The second-order valence-corrected chi connectivity index (χ2v) is 6.88. The minimum atomic E-state index is -0.0799. The van der Waals surface area contributed by atoms with Crippen LogP contribution in [-0.4, -0.2) is 48.4 Å². The lowest BCUT2D eigenvalue weighted by molar-refractivity contribution is -0.140. The van der Waals surface area contributed by atoms with Gasteiger partial charge in [0.05, 0.1) is 13.7 Å². The molecule has 0 spiro atoms. The van der Waals surface area contributed by atoms with E-state index in [2.05, 4.69) is 12.1 Å². The number of nitrogens with zero attached hydrogens (tertiary/aromatic N) is 2. The molecule has 1 heterocycles. The zero-order chi connectivity index (χ0) is 19.2. The van der Waals surface area contributed by atoms with Crippen LogP contribution in [-0.2, 0) is 29.0 Å². The number of hydrogen-bond donors (Lipinski definition) is 0. The van der Waals surface area contributed by atoms with Gasteiger partial charge in [0.1, 0.15) is 5.75 Å². The molecule has 0 bridgehead atoms. The maximum atomic E-state index is 12.7. The van der Waals surface area contributed by atoms with E-state index in [0.717, 1.165) is 17.7 Å². The van der Waals surface area contributed by atoms with Crippen molar-refractivity contribution in [3.8, 4) is 5.75 Å². The number of fused-ring (bicyclic) bond motifs is 1. The van der Waals surface area contributed by atoms with Crippen LogP contribution in [0.25, 0.3) is 0 Å². The number of carbonyl (C=O) groups excluding carboxylic acids is 2. The van der Waals surface area contributed by atoms with Gasteiger partial charge in [-0.2, -0.15) is 0 Å². The third kappa shape index (κ3) is 4.88. The first-order chi connectivity index (χ1) is 13.1. The summed E-state index contributed by atoms with van der Waals surface area (Å²) >= 11 is 0. The Morgan fingerprint density at radius 1 is 1.11 bits per heavy atom. The van der Waals surface area contributed by atoms with Crippen molar-refractivity contribution in [3.63, 3.8) is 0 Å². The van der Waals surface area contributed by atoms with E-state index in [1.807, 2.05) is 41.3 Å². The topological polar surface area (TPSA) is 49.9 Å². The van der Waals surface area contributed by atoms with Crippen molar-refractivity contribution >= 4 is 11.8 Å². The number of amides is 2. The monoisotopic (exact) mass is 366 g/mol. The number of methoxy groups -OCH3 is 1. The molecule has 0 fully saturated rings. The maximum absolute atomic E-state index is 12.7. The zero-order valence-electron chi connectivity index (χ0n) is 16.0. The molecule has 5 nitrogen and oxygen atoms in total. The molecule has 0 unspecified atom stereocenters. The van der Waals surface area contributed by atoms with Crippen molar-refractivity contribution in [2.45, 2.75) is 26.3 Å². The van der Waals surface area contributed by atoms with Gasteiger partial charge in [-0.25, -0.2) is 0 Å². The largest absolute Gasteiger partial charge is 0.497 e. The molecule has 2 amide bonds. The standard InChI is InChI=1S/C22H26N2O3/c1-17(25)23(12-10-18-6-5-9-21(14-18)27-2)16-22(26)24-13-11-19-7-3-4-8-20(19)15-24/h3-9,14H,10-13,15-16H2,1-2H3. The molecule has 0 radical (unpaired) electrons. The van der Waals surface area contributed by atoms with E-state index in [0.29, 0.717) is 26.1 Å². The third-order valence-electron chi connectivity index (χ3n) is 5.06. The smallest absolute Gasteiger partial charge is 0.242 e. The van der Waals surface area contributed by atoms with Crippen molar-refractivity contribution in [3.05, 3.63) is 65.2 Å². The van der Waals surface area contributed by atoms with Crippen LogP contribution in [0.4, 0.5) is 0 Å². The number of rotatable bonds is 6. The Balaban J connectivity index is 1.59. The molecule has 27 heavy (non-hydrogen) atoms. The zero-order valence-corrected chi connectivity index (χ0v) is 16.0. The average Bonchev–Trinajstić information content (AvgIpc) is 2.70. The van der Waals surface area contributed by atoms with Crippen molar-refractivity contribution in [1.29, 1.82) is 0 Å². The third-order valence-corrected chi connectivity index (χ3v) is 5.06. The van der Waals surface area contributed by atoms with Crippen LogP contribution in [0.15, 0.2) is 48.5 Å². The summed E-state index contributed by atoms with van der Waals surface area (Å²) in [5, 5.41) is 0. The first-order valence-corrected chi connectivity index (χ1v) is 9.30. The van der Waals surface area contributed by atoms with Gasteiger partial charge in [-0.05, 0) is 41.7 Å². The van der Waals surface area contributed by atoms with E-state index in [1.54, 1.807) is 12.0 Å². The van der Waals surface area contributed by atoms with Gasteiger partial charge in [-0.15, -0.1) is 0 Å². The van der Waals surface area contributed by atoms with Gasteiger partial charge >= 0.3 is 0 Å². The summed E-state index contributed by atoms with van der Waals surface area (Å²) in [5.74, 6) is 0.721. The molecule has 0 saturated carbocycles. The van der Waals surface area contributed by atoms with E-state index in [1.165, 1.54) is 18.1 Å². The van der Waals surface area contributed by atoms with Crippen LogP contribution in [0, 0.1) is 0 Å². The van der Waals surface area contributed by atoms with Gasteiger partial charge in [0.2, 0.25) is 11.8 Å². The highest BCUT2D eigenvalue weighted by atomic mass is 16.5. The summed E-state index contributed by atoms with van der Waals surface area (Å²) in [6.45, 7) is 3.48. The fourth-order valence-corrected chi connectivity index (χ4v) is 3.41. The quantitative estimate of drug-likeness (QED) is 0.790. The molecule has 1 aliphatic rings. The molecule has 0 atom stereocenters. The Morgan fingerprint density at radius 2 is 1.89 bits per heavy atom. The van der Waals surface area contributed by atoms with E-state index in [-0.39, 0.29) is 18.4 Å². The van der Waals surface area contributed by atoms with E-state index >= 15 is 0 Å². The van der Waals surface area contributed by atoms with Crippen LogP contribution in [0.2, 0.25) is 0 Å². The molecule has 1 aliphatic heterocycles.